The smallest absolute Gasteiger partial charge is 0.108 e. The summed E-state index contributed by atoms with van der Waals surface area (Å²) < 4.78 is 0. The second kappa shape index (κ2) is 5.89. The van der Waals surface area contributed by atoms with Crippen molar-refractivity contribution in [1.82, 2.24) is 9.97 Å². The predicted molar refractivity (Wildman–Crippen MR) is 110 cm³/mol. The van der Waals surface area contributed by atoms with E-state index in [0.717, 1.165) is 25.9 Å². The second-order valence-corrected chi connectivity index (χ2v) is 7.59. The van der Waals surface area contributed by atoms with Gasteiger partial charge in [-0.25, -0.2) is 9.97 Å². The number of nitrogens with zero attached hydrogens (tertiary/aromatic N) is 2. The molecule has 1 aromatic carbocycles. The summed E-state index contributed by atoms with van der Waals surface area (Å²) in [6.45, 7) is 0. The van der Waals surface area contributed by atoms with E-state index in [1.807, 2.05) is 6.07 Å². The molecule has 1 atom stereocenters. The first-order valence-electron chi connectivity index (χ1n) is 5.60. The van der Waals surface area contributed by atoms with Gasteiger partial charge in [0.1, 0.15) is 10.1 Å². The summed E-state index contributed by atoms with van der Waals surface area (Å²) in [5, 5.41) is 3.61. The fourth-order valence-corrected chi connectivity index (χ4v) is 4.11. The van der Waals surface area contributed by atoms with Crippen LogP contribution in [0.2, 0.25) is 0 Å². The lowest BCUT2D eigenvalue weighted by Gasteiger charge is -2.14. The van der Waals surface area contributed by atoms with Gasteiger partial charge in [0.25, 0.3) is 0 Å². The van der Waals surface area contributed by atoms with E-state index in [-0.39, 0.29) is 0 Å². The Morgan fingerprint density at radius 3 is 2.05 bits per heavy atom. The van der Waals surface area contributed by atoms with Gasteiger partial charge in [0.05, 0.1) is 11.0 Å². The van der Waals surface area contributed by atoms with Gasteiger partial charge in [-0.05, 0) is 11.4 Å². The summed E-state index contributed by atoms with van der Waals surface area (Å²) in [5.41, 5.74) is 1.40. The number of rotatable bonds is 0. The van der Waals surface area contributed by atoms with Crippen LogP contribution < -0.4 is 5.30 Å². The molecule has 0 amide bonds. The zero-order valence-corrected chi connectivity index (χ0v) is 16.8. The minimum absolute atomic E-state index is 0.536. The lowest BCUT2D eigenvalue weighted by Crippen LogP contribution is -2.04. The average Bonchev–Trinajstić information content (AvgIpc) is 2.44. The third-order valence-electron chi connectivity index (χ3n) is 3.11. The maximum absolute atomic E-state index is 4.59. The van der Waals surface area contributed by atoms with Crippen LogP contribution in [0, 0.1) is 0 Å². The molecule has 2 heterocycles. The Bertz CT molecular complexity index is 927. The molecule has 1 unspecified atom stereocenters. The van der Waals surface area contributed by atoms with E-state index in [9.17, 15) is 0 Å². The minimum atomic E-state index is 0.536. The first-order chi connectivity index (χ1) is 9.82. The number of pyridine rings is 2. The van der Waals surface area contributed by atoms with Crippen molar-refractivity contribution in [2.24, 2.45) is 0 Å². The van der Waals surface area contributed by atoms with Gasteiger partial charge < -0.3 is 0 Å². The molecular formula is C12H9N2PS6. The standard InChI is InChI=1S/C12H9N2PS6/c15-7-4-6(14-12(21)10(7)19)5-2(8(17)9(4)18)1-3(16)11(20)13-5/h1,16-19H,15H2,(H,13,20)(H,14,21). The highest BCUT2D eigenvalue weighted by Crippen LogP contribution is 2.38. The van der Waals surface area contributed by atoms with Gasteiger partial charge in [0.2, 0.25) is 0 Å². The normalized spacial score (nSPS) is 11.6. The van der Waals surface area contributed by atoms with Crippen molar-refractivity contribution in [3.63, 3.8) is 0 Å². The van der Waals surface area contributed by atoms with E-state index in [0.29, 0.717) is 30.9 Å². The van der Waals surface area contributed by atoms with E-state index in [1.54, 1.807) is 0 Å². The Kier molecular flexibility index (Phi) is 4.61. The first kappa shape index (κ1) is 16.4. The van der Waals surface area contributed by atoms with Crippen molar-refractivity contribution in [3.05, 3.63) is 6.07 Å². The maximum atomic E-state index is 4.59. The summed E-state index contributed by atoms with van der Waals surface area (Å²) in [7, 11) is 2.65. The molecule has 0 spiro atoms. The van der Waals surface area contributed by atoms with E-state index in [1.165, 1.54) is 0 Å². The van der Waals surface area contributed by atoms with Crippen molar-refractivity contribution < 1.29 is 0 Å². The van der Waals surface area contributed by atoms with Gasteiger partial charge in [-0.3, -0.25) is 0 Å². The van der Waals surface area contributed by atoms with Gasteiger partial charge in [-0.1, -0.05) is 0 Å². The van der Waals surface area contributed by atoms with Crippen molar-refractivity contribution in [2.45, 2.75) is 29.6 Å². The van der Waals surface area contributed by atoms with E-state index in [4.69, 9.17) is 0 Å². The highest BCUT2D eigenvalue weighted by atomic mass is 32.1. The number of hydrogen-bond donors (Lipinski definition) is 6. The molecule has 21 heavy (non-hydrogen) atoms. The monoisotopic (exact) mass is 404 g/mol. The number of aromatic nitrogens is 2. The number of benzene rings is 1. The summed E-state index contributed by atoms with van der Waals surface area (Å²) >= 11 is 26.7. The largest absolute Gasteiger partial charge is 0.238 e. The molecule has 108 valence electrons. The Balaban J connectivity index is 2.69. The van der Waals surface area contributed by atoms with E-state index in [2.05, 4.69) is 95.0 Å². The Morgan fingerprint density at radius 2 is 1.38 bits per heavy atom. The molecule has 2 aromatic heterocycles. The molecule has 0 aliphatic rings. The Hall–Kier alpha value is 0.570. The predicted octanol–water partition coefficient (Wildman–Crippen LogP) is 4.02. The number of thiol groups is 6. The van der Waals surface area contributed by atoms with Crippen molar-refractivity contribution in [1.29, 1.82) is 0 Å². The molecule has 2 nitrogen and oxygen atoms in total. The van der Waals surface area contributed by atoms with E-state index >= 15 is 0 Å². The van der Waals surface area contributed by atoms with Crippen LogP contribution >= 0.6 is 85.0 Å². The average molecular weight is 405 g/mol. The van der Waals surface area contributed by atoms with Crippen molar-refractivity contribution in [2.75, 3.05) is 0 Å². The van der Waals surface area contributed by atoms with Crippen LogP contribution in [0.25, 0.3) is 21.8 Å². The van der Waals surface area contributed by atoms with Gasteiger partial charge in [0, 0.05) is 30.4 Å². The molecule has 0 radical (unpaired) electrons. The van der Waals surface area contributed by atoms with Gasteiger partial charge in [-0.2, -0.15) is 0 Å². The molecule has 0 aliphatic carbocycles. The van der Waals surface area contributed by atoms with Crippen LogP contribution in [0.3, 0.4) is 0 Å². The highest BCUT2D eigenvalue weighted by molar-refractivity contribution is 7.84. The van der Waals surface area contributed by atoms with E-state index < -0.39 is 0 Å². The minimum Gasteiger partial charge on any atom is -0.238 e. The topological polar surface area (TPSA) is 25.8 Å². The van der Waals surface area contributed by atoms with Crippen molar-refractivity contribution >= 4 is 112 Å². The van der Waals surface area contributed by atoms with Crippen LogP contribution in [0.15, 0.2) is 35.7 Å². The number of hydrogen-bond acceptors (Lipinski definition) is 8. The zero-order chi connectivity index (χ0) is 15.5. The van der Waals surface area contributed by atoms with Gasteiger partial charge >= 0.3 is 0 Å². The molecule has 9 heteroatoms. The lowest BCUT2D eigenvalue weighted by molar-refractivity contribution is 1.07. The summed E-state index contributed by atoms with van der Waals surface area (Å²) in [4.78, 5) is 11.8. The summed E-state index contributed by atoms with van der Waals surface area (Å²) in [6, 6.07) is 1.87. The Labute approximate surface area is 156 Å². The van der Waals surface area contributed by atoms with Gasteiger partial charge in [-0.15, -0.1) is 85.0 Å². The summed E-state index contributed by atoms with van der Waals surface area (Å²) in [5.74, 6) is 0. The molecule has 3 rings (SSSR count). The zero-order valence-electron chi connectivity index (χ0n) is 10.2. The maximum Gasteiger partial charge on any atom is 0.108 e. The molecule has 3 aromatic rings. The van der Waals surface area contributed by atoms with Crippen molar-refractivity contribution in [3.8, 4) is 0 Å². The van der Waals surface area contributed by atoms with Crippen LogP contribution in [-0.2, 0) is 0 Å². The SMILES string of the molecule is Pc1c(S)c(S)nc2c1c(S)c(S)c1cc(S)c(S)nc12. The fraction of sp³-hybridized carbons (Fsp3) is 0. The third-order valence-corrected chi connectivity index (χ3v) is 6.83. The lowest BCUT2D eigenvalue weighted by atomic mass is 10.1. The molecule has 0 saturated heterocycles. The quantitative estimate of drug-likeness (QED) is 0.194. The molecule has 0 N–H and O–H groups in total. The van der Waals surface area contributed by atoms with Gasteiger partial charge in [0.15, 0.2) is 0 Å². The molecular weight excluding hydrogens is 396 g/mol. The van der Waals surface area contributed by atoms with Crippen LogP contribution in [0.4, 0.5) is 0 Å². The molecule has 0 saturated carbocycles. The van der Waals surface area contributed by atoms with Crippen LogP contribution in [0.1, 0.15) is 0 Å². The molecule has 0 aliphatic heterocycles. The number of fused-ring (bicyclic) bond motifs is 3. The molecule has 0 bridgehead atoms. The van der Waals surface area contributed by atoms with Crippen LogP contribution in [0.5, 0.6) is 0 Å². The molecule has 0 fully saturated rings. The second-order valence-electron chi connectivity index (χ2n) is 4.35. The summed E-state index contributed by atoms with van der Waals surface area (Å²) in [6.07, 6.45) is 0. The van der Waals surface area contributed by atoms with Crippen LogP contribution in [-0.4, -0.2) is 9.97 Å². The first-order valence-corrected chi connectivity index (χ1v) is 8.86. The Morgan fingerprint density at radius 1 is 0.762 bits per heavy atom. The fourth-order valence-electron chi connectivity index (χ4n) is 2.09. The highest BCUT2D eigenvalue weighted by Gasteiger charge is 2.18. The third kappa shape index (κ3) is 2.57.